The molecular weight excluding hydrogens is 438 g/mol. The van der Waals surface area contributed by atoms with Crippen LogP contribution in [0.5, 0.6) is 5.75 Å². The van der Waals surface area contributed by atoms with Crippen LogP contribution in [0.25, 0.3) is 0 Å². The van der Waals surface area contributed by atoms with Crippen molar-refractivity contribution < 1.29 is 13.5 Å². The van der Waals surface area contributed by atoms with Gasteiger partial charge < -0.3 is 4.74 Å². The monoisotopic (exact) mass is 486 g/mol. The maximum atomic E-state index is 15.4. The summed E-state index contributed by atoms with van der Waals surface area (Å²) in [6, 6.07) is 1.99. The van der Waals surface area contributed by atoms with E-state index in [2.05, 4.69) is 13.8 Å². The van der Waals surface area contributed by atoms with Gasteiger partial charge in [0.1, 0.15) is 6.10 Å². The fourth-order valence-corrected chi connectivity index (χ4v) is 8.36. The summed E-state index contributed by atoms with van der Waals surface area (Å²) in [4.78, 5) is 0. The van der Waals surface area contributed by atoms with Crippen molar-refractivity contribution in [3.8, 4) is 5.75 Å². The van der Waals surface area contributed by atoms with Crippen LogP contribution in [0.4, 0.5) is 8.78 Å². The number of fused-ring (bicyclic) bond motifs is 1. The van der Waals surface area contributed by atoms with E-state index in [1.54, 1.807) is 0 Å². The van der Waals surface area contributed by atoms with Gasteiger partial charge in [0.25, 0.3) is 0 Å². The Hall–Kier alpha value is -1.12. The van der Waals surface area contributed by atoms with Crippen LogP contribution in [0.15, 0.2) is 6.07 Å². The van der Waals surface area contributed by atoms with Gasteiger partial charge in [0.2, 0.25) is 5.82 Å². The third-order valence-electron chi connectivity index (χ3n) is 10.7. The van der Waals surface area contributed by atoms with Crippen molar-refractivity contribution in [2.24, 2.45) is 29.6 Å². The Labute approximate surface area is 212 Å². The van der Waals surface area contributed by atoms with Gasteiger partial charge >= 0.3 is 0 Å². The second kappa shape index (κ2) is 11.5. The summed E-state index contributed by atoms with van der Waals surface area (Å²) in [6.07, 6.45) is 20.6. The number of ether oxygens (including phenoxy) is 1. The number of rotatable bonds is 6. The molecule has 0 radical (unpaired) electrons. The molecule has 1 nitrogen and oxygen atoms in total. The Morgan fingerprint density at radius 1 is 0.714 bits per heavy atom. The summed E-state index contributed by atoms with van der Waals surface area (Å²) < 4.78 is 36.9. The summed E-state index contributed by atoms with van der Waals surface area (Å²) >= 11 is 0. The zero-order valence-electron chi connectivity index (χ0n) is 22.3. The molecule has 3 aliphatic carbocycles. The predicted molar refractivity (Wildman–Crippen MR) is 140 cm³/mol. The molecule has 1 aliphatic heterocycles. The van der Waals surface area contributed by atoms with Crippen molar-refractivity contribution in [3.63, 3.8) is 0 Å². The molecule has 5 rings (SSSR count). The molecule has 1 heterocycles. The van der Waals surface area contributed by atoms with Crippen LogP contribution in [-0.2, 0) is 6.42 Å². The standard InChI is InChI=1S/C32H48F2O/c1-3-5-22-8-12-26(13-9-22)29-19-18-27-20-28(30(33)31(34)32(27)35-29)25-16-14-24(15-17-25)23-10-6-21(4-2)7-11-23/h20-26,29H,3-19H2,1-2H3. The van der Waals surface area contributed by atoms with Crippen LogP contribution in [0.3, 0.4) is 0 Å². The lowest BCUT2D eigenvalue weighted by Crippen LogP contribution is -2.34. The minimum atomic E-state index is -0.707. The van der Waals surface area contributed by atoms with Crippen LogP contribution in [0.1, 0.15) is 134 Å². The number of halogens is 2. The molecule has 0 amide bonds. The third kappa shape index (κ3) is 5.59. The van der Waals surface area contributed by atoms with E-state index in [4.69, 9.17) is 4.74 Å². The van der Waals surface area contributed by atoms with Crippen LogP contribution < -0.4 is 4.74 Å². The molecule has 1 aromatic carbocycles. The van der Waals surface area contributed by atoms with Crippen LogP contribution >= 0.6 is 0 Å². The Bertz CT molecular complexity index is 826. The van der Waals surface area contributed by atoms with Gasteiger partial charge in [-0.25, -0.2) is 4.39 Å². The molecule has 1 aromatic rings. The first kappa shape index (κ1) is 25.5. The lowest BCUT2D eigenvalue weighted by atomic mass is 9.68. The fraction of sp³-hybridized carbons (Fsp3) is 0.812. The highest BCUT2D eigenvalue weighted by Crippen LogP contribution is 2.47. The van der Waals surface area contributed by atoms with Gasteiger partial charge in [-0.3, -0.25) is 0 Å². The van der Waals surface area contributed by atoms with Gasteiger partial charge in [-0.05, 0) is 117 Å². The Morgan fingerprint density at radius 3 is 1.94 bits per heavy atom. The van der Waals surface area contributed by atoms with Gasteiger partial charge in [-0.1, -0.05) is 58.8 Å². The average Bonchev–Trinajstić information content (AvgIpc) is 2.91. The highest BCUT2D eigenvalue weighted by Gasteiger charge is 2.36. The summed E-state index contributed by atoms with van der Waals surface area (Å²) in [5, 5.41) is 0. The van der Waals surface area contributed by atoms with E-state index >= 15 is 8.78 Å². The summed E-state index contributed by atoms with van der Waals surface area (Å²) in [7, 11) is 0. The number of hydrogen-bond acceptors (Lipinski definition) is 1. The lowest BCUT2D eigenvalue weighted by Gasteiger charge is -2.38. The largest absolute Gasteiger partial charge is 0.487 e. The molecule has 0 saturated heterocycles. The van der Waals surface area contributed by atoms with Crippen molar-refractivity contribution in [2.75, 3.05) is 0 Å². The predicted octanol–water partition coefficient (Wildman–Crippen LogP) is 9.76. The van der Waals surface area contributed by atoms with E-state index < -0.39 is 11.6 Å². The molecule has 3 saturated carbocycles. The van der Waals surface area contributed by atoms with Crippen LogP contribution in [-0.4, -0.2) is 6.10 Å². The summed E-state index contributed by atoms with van der Waals surface area (Å²) in [6.45, 7) is 4.59. The minimum absolute atomic E-state index is 0.0584. The van der Waals surface area contributed by atoms with E-state index in [9.17, 15) is 0 Å². The topological polar surface area (TPSA) is 9.23 Å². The van der Waals surface area contributed by atoms with Crippen molar-refractivity contribution in [1.29, 1.82) is 0 Å². The first-order chi connectivity index (χ1) is 17.1. The minimum Gasteiger partial charge on any atom is -0.487 e. The Kier molecular flexibility index (Phi) is 8.40. The molecule has 196 valence electrons. The van der Waals surface area contributed by atoms with Crippen molar-refractivity contribution in [2.45, 2.75) is 135 Å². The van der Waals surface area contributed by atoms with Gasteiger partial charge in [0, 0.05) is 0 Å². The van der Waals surface area contributed by atoms with Crippen molar-refractivity contribution >= 4 is 0 Å². The molecule has 3 fully saturated rings. The SMILES string of the molecule is CCCC1CCC(C2CCc3cc(C4CCC(C5CCC(CC)CC5)CC4)c(F)c(F)c3O2)CC1. The van der Waals surface area contributed by atoms with Gasteiger partial charge in [0.15, 0.2) is 11.6 Å². The van der Waals surface area contributed by atoms with Crippen LogP contribution in [0, 0.1) is 41.2 Å². The van der Waals surface area contributed by atoms with E-state index in [-0.39, 0.29) is 17.8 Å². The Morgan fingerprint density at radius 2 is 1.31 bits per heavy atom. The second-order valence-corrected chi connectivity index (χ2v) is 12.6. The maximum Gasteiger partial charge on any atom is 0.201 e. The third-order valence-corrected chi connectivity index (χ3v) is 10.7. The second-order valence-electron chi connectivity index (χ2n) is 12.6. The van der Waals surface area contributed by atoms with Gasteiger partial charge in [-0.2, -0.15) is 4.39 Å². The molecule has 0 N–H and O–H groups in total. The first-order valence-electron chi connectivity index (χ1n) is 15.2. The summed E-state index contributed by atoms with van der Waals surface area (Å²) in [5.41, 5.74) is 1.55. The zero-order chi connectivity index (χ0) is 24.4. The number of hydrogen-bond donors (Lipinski definition) is 0. The fourth-order valence-electron chi connectivity index (χ4n) is 8.36. The average molecular weight is 487 g/mol. The van der Waals surface area contributed by atoms with E-state index in [0.717, 1.165) is 54.9 Å². The number of benzene rings is 1. The normalized spacial score (nSPS) is 35.8. The maximum absolute atomic E-state index is 15.4. The smallest absolute Gasteiger partial charge is 0.201 e. The van der Waals surface area contributed by atoms with E-state index in [0.29, 0.717) is 11.5 Å². The summed E-state index contributed by atoms with van der Waals surface area (Å²) in [5.74, 6) is 3.03. The quantitative estimate of drug-likeness (QED) is 0.389. The molecule has 1 unspecified atom stereocenters. The molecule has 0 aromatic heterocycles. The highest BCUT2D eigenvalue weighted by atomic mass is 19.2. The molecular formula is C32H48F2O. The van der Waals surface area contributed by atoms with E-state index in [1.165, 1.54) is 83.5 Å². The lowest BCUT2D eigenvalue weighted by molar-refractivity contribution is 0.0708. The van der Waals surface area contributed by atoms with E-state index in [1.807, 2.05) is 6.07 Å². The van der Waals surface area contributed by atoms with Gasteiger partial charge in [-0.15, -0.1) is 0 Å². The highest BCUT2D eigenvalue weighted by molar-refractivity contribution is 5.43. The molecule has 0 spiro atoms. The number of aryl methyl sites for hydroxylation is 1. The molecule has 1 atom stereocenters. The molecule has 3 heteroatoms. The zero-order valence-corrected chi connectivity index (χ0v) is 22.3. The molecule has 35 heavy (non-hydrogen) atoms. The Balaban J connectivity index is 1.20. The van der Waals surface area contributed by atoms with Crippen molar-refractivity contribution in [3.05, 3.63) is 28.8 Å². The molecule has 0 bridgehead atoms. The molecule has 4 aliphatic rings. The van der Waals surface area contributed by atoms with Crippen molar-refractivity contribution in [1.82, 2.24) is 0 Å². The first-order valence-corrected chi connectivity index (χ1v) is 15.2. The van der Waals surface area contributed by atoms with Gasteiger partial charge in [0.05, 0.1) is 0 Å². The van der Waals surface area contributed by atoms with Crippen LogP contribution in [0.2, 0.25) is 0 Å².